The van der Waals surface area contributed by atoms with Crippen LogP contribution in [0.15, 0.2) is 23.1 Å². The van der Waals surface area contributed by atoms with Crippen molar-refractivity contribution in [3.63, 3.8) is 0 Å². The Hall–Kier alpha value is -2.01. The maximum atomic E-state index is 10.9. The number of benzene rings is 1. The summed E-state index contributed by atoms with van der Waals surface area (Å²) in [5, 5.41) is 34.2. The molecule has 0 saturated carbocycles. The van der Waals surface area contributed by atoms with Gasteiger partial charge in [0.25, 0.3) is 10.1 Å². The Morgan fingerprint density at radius 2 is 1.35 bits per heavy atom. The highest BCUT2D eigenvalue weighted by Gasteiger charge is 2.26. The van der Waals surface area contributed by atoms with Gasteiger partial charge in [0.05, 0.1) is 24.3 Å². The lowest BCUT2D eigenvalue weighted by atomic mass is 9.97. The topological polar surface area (TPSA) is 169 Å². The molecule has 0 amide bonds. The Kier molecular flexibility index (Phi) is 7.31. The van der Waals surface area contributed by atoms with Crippen molar-refractivity contribution in [1.82, 2.24) is 0 Å². The Bertz CT molecular complexity index is 638. The molecule has 1 aromatic carbocycles. The van der Waals surface area contributed by atoms with Crippen molar-refractivity contribution in [3.05, 3.63) is 29.3 Å². The highest BCUT2D eigenvalue weighted by Crippen LogP contribution is 2.20. The van der Waals surface area contributed by atoms with E-state index in [1.807, 2.05) is 0 Å². The smallest absolute Gasteiger partial charge is 0.337 e. The molecule has 0 unspecified atom stereocenters. The van der Waals surface area contributed by atoms with Crippen LogP contribution in [0.5, 0.6) is 0 Å². The number of carbonyl (C=O) groups is 2. The van der Waals surface area contributed by atoms with Crippen molar-refractivity contribution in [2.45, 2.75) is 18.7 Å². The van der Waals surface area contributed by atoms with Gasteiger partial charge in [0.15, 0.2) is 0 Å². The zero-order valence-electron chi connectivity index (χ0n) is 12.4. The van der Waals surface area contributed by atoms with Crippen molar-refractivity contribution in [2.75, 3.05) is 13.2 Å². The van der Waals surface area contributed by atoms with E-state index < -0.39 is 38.1 Å². The lowest BCUT2D eigenvalue weighted by Crippen LogP contribution is -2.20. The molecule has 0 bridgehead atoms. The predicted octanol–water partition coefficient (Wildman–Crippen LogP) is 0.327. The highest BCUT2D eigenvalue weighted by atomic mass is 32.2. The van der Waals surface area contributed by atoms with E-state index in [1.54, 1.807) is 13.8 Å². The van der Waals surface area contributed by atoms with Crippen LogP contribution in [0.3, 0.4) is 0 Å². The molecule has 0 aliphatic rings. The van der Waals surface area contributed by atoms with Gasteiger partial charge in [-0.2, -0.15) is 8.42 Å². The van der Waals surface area contributed by atoms with E-state index in [1.165, 1.54) is 0 Å². The van der Waals surface area contributed by atoms with E-state index in [0.717, 1.165) is 18.2 Å². The SMILES string of the molecule is CC(C)(CO)CO.O=C(O)c1cccc(C(=O)O)c1S(=O)(=O)O. The van der Waals surface area contributed by atoms with Crippen LogP contribution in [-0.2, 0) is 10.1 Å². The molecule has 5 N–H and O–H groups in total. The number of hydrogen-bond donors (Lipinski definition) is 5. The third-order valence-corrected chi connectivity index (χ3v) is 3.55. The number of carboxylic acids is 2. The third-order valence-electron chi connectivity index (χ3n) is 2.59. The first kappa shape index (κ1) is 21.0. The maximum Gasteiger partial charge on any atom is 0.337 e. The first-order valence-electron chi connectivity index (χ1n) is 6.16. The zero-order valence-corrected chi connectivity index (χ0v) is 13.2. The summed E-state index contributed by atoms with van der Waals surface area (Å²) in [4.78, 5) is 20.2. The van der Waals surface area contributed by atoms with E-state index in [2.05, 4.69) is 0 Å². The maximum absolute atomic E-state index is 10.9. The number of aliphatic hydroxyl groups is 2. The monoisotopic (exact) mass is 350 g/mol. The molecule has 0 spiro atoms. The van der Waals surface area contributed by atoms with Gasteiger partial charge in [0, 0.05) is 5.41 Å². The molecule has 0 radical (unpaired) electrons. The van der Waals surface area contributed by atoms with Crippen LogP contribution in [0.25, 0.3) is 0 Å². The van der Waals surface area contributed by atoms with Crippen LogP contribution in [0, 0.1) is 5.41 Å². The molecule has 130 valence electrons. The zero-order chi connectivity index (χ0) is 18.4. The molecule has 0 atom stereocenters. The largest absolute Gasteiger partial charge is 0.478 e. The van der Waals surface area contributed by atoms with Crippen LogP contribution >= 0.6 is 0 Å². The van der Waals surface area contributed by atoms with Crippen molar-refractivity contribution in [2.24, 2.45) is 5.41 Å². The van der Waals surface area contributed by atoms with Gasteiger partial charge >= 0.3 is 11.9 Å². The second-order valence-electron chi connectivity index (χ2n) is 5.25. The van der Waals surface area contributed by atoms with E-state index in [4.69, 9.17) is 25.0 Å². The van der Waals surface area contributed by atoms with Gasteiger partial charge < -0.3 is 20.4 Å². The molecule has 0 heterocycles. The molecule has 23 heavy (non-hydrogen) atoms. The Labute approximate surface area is 132 Å². The number of aromatic carboxylic acids is 2. The number of rotatable bonds is 5. The van der Waals surface area contributed by atoms with E-state index in [0.29, 0.717) is 0 Å². The first-order valence-corrected chi connectivity index (χ1v) is 7.60. The minimum absolute atomic E-state index is 0.0451. The van der Waals surface area contributed by atoms with Gasteiger partial charge in [-0.3, -0.25) is 4.55 Å². The van der Waals surface area contributed by atoms with Gasteiger partial charge in [-0.15, -0.1) is 0 Å². The summed E-state index contributed by atoms with van der Waals surface area (Å²) in [5.74, 6) is -3.29. The molecule has 0 saturated heterocycles. The minimum atomic E-state index is -4.92. The van der Waals surface area contributed by atoms with Gasteiger partial charge in [-0.25, -0.2) is 9.59 Å². The van der Waals surface area contributed by atoms with Crippen molar-refractivity contribution < 1.29 is 43.0 Å². The van der Waals surface area contributed by atoms with Crippen LogP contribution in [-0.4, -0.2) is 58.5 Å². The van der Waals surface area contributed by atoms with Crippen LogP contribution in [0.4, 0.5) is 0 Å². The molecule has 10 heteroatoms. The summed E-state index contributed by atoms with van der Waals surface area (Å²) >= 11 is 0. The summed E-state index contributed by atoms with van der Waals surface area (Å²) < 4.78 is 30.6. The average Bonchev–Trinajstić information content (AvgIpc) is 2.46. The summed E-state index contributed by atoms with van der Waals surface area (Å²) in [5.41, 5.74) is -1.88. The van der Waals surface area contributed by atoms with Crippen LogP contribution in [0.1, 0.15) is 34.6 Å². The third kappa shape index (κ3) is 6.32. The first-order chi connectivity index (χ1) is 10.4. The molecule has 0 aliphatic heterocycles. The molecule has 0 fully saturated rings. The quantitative estimate of drug-likeness (QED) is 0.469. The van der Waals surface area contributed by atoms with Crippen molar-refractivity contribution in [1.29, 1.82) is 0 Å². The van der Waals surface area contributed by atoms with Crippen molar-refractivity contribution in [3.8, 4) is 0 Å². The van der Waals surface area contributed by atoms with Gasteiger partial charge in [-0.1, -0.05) is 19.9 Å². The highest BCUT2D eigenvalue weighted by molar-refractivity contribution is 7.86. The fraction of sp³-hybridized carbons (Fsp3) is 0.385. The lowest BCUT2D eigenvalue weighted by Gasteiger charge is -2.16. The molecule has 0 aliphatic carbocycles. The van der Waals surface area contributed by atoms with Crippen LogP contribution in [0.2, 0.25) is 0 Å². The molecular formula is C13H18O9S. The van der Waals surface area contributed by atoms with Crippen LogP contribution < -0.4 is 0 Å². The van der Waals surface area contributed by atoms with E-state index in [-0.39, 0.29) is 18.6 Å². The summed E-state index contributed by atoms with van der Waals surface area (Å²) in [6.07, 6.45) is 0. The van der Waals surface area contributed by atoms with Gasteiger partial charge in [0.1, 0.15) is 4.90 Å². The van der Waals surface area contributed by atoms with E-state index in [9.17, 15) is 18.0 Å². The fourth-order valence-corrected chi connectivity index (χ4v) is 2.07. The predicted molar refractivity (Wildman–Crippen MR) is 78.1 cm³/mol. The normalized spacial score (nSPS) is 11.3. The number of hydrogen-bond acceptors (Lipinski definition) is 6. The molecular weight excluding hydrogens is 332 g/mol. The summed E-state index contributed by atoms with van der Waals surface area (Å²) in [6.45, 7) is 3.69. The standard InChI is InChI=1S/C8H6O7S.C5H12O2/c9-7(10)4-2-1-3-5(8(11)12)6(4)16(13,14)15;1-5(2,3-6)4-7/h1-3H,(H,9,10)(H,11,12)(H,13,14,15);6-7H,3-4H2,1-2H3. The van der Waals surface area contributed by atoms with Gasteiger partial charge in [0.2, 0.25) is 0 Å². The lowest BCUT2D eigenvalue weighted by molar-refractivity contribution is 0.0688. The fourth-order valence-electron chi connectivity index (χ4n) is 1.20. The second kappa shape index (κ2) is 8.02. The summed E-state index contributed by atoms with van der Waals surface area (Å²) in [7, 11) is -4.92. The summed E-state index contributed by atoms with van der Waals surface area (Å²) in [6, 6.07) is 2.84. The molecule has 0 aromatic heterocycles. The molecule has 1 rings (SSSR count). The molecule has 9 nitrogen and oxygen atoms in total. The molecule has 1 aromatic rings. The minimum Gasteiger partial charge on any atom is -0.478 e. The van der Waals surface area contributed by atoms with Crippen molar-refractivity contribution >= 4 is 22.1 Å². The average molecular weight is 350 g/mol. The second-order valence-corrected chi connectivity index (χ2v) is 6.61. The number of carboxylic acid groups (broad SMARTS) is 2. The Morgan fingerprint density at radius 3 is 1.52 bits per heavy atom. The Balaban J connectivity index is 0.000000585. The Morgan fingerprint density at radius 1 is 1.00 bits per heavy atom. The van der Waals surface area contributed by atoms with E-state index >= 15 is 0 Å². The van der Waals surface area contributed by atoms with Gasteiger partial charge in [-0.05, 0) is 12.1 Å². The number of aliphatic hydroxyl groups excluding tert-OH is 2.